The molecule has 0 spiro atoms. The lowest BCUT2D eigenvalue weighted by Gasteiger charge is -2.14. The van der Waals surface area contributed by atoms with Gasteiger partial charge in [-0.25, -0.2) is 4.39 Å². The highest BCUT2D eigenvalue weighted by atomic mass is 35.5. The molecule has 0 saturated heterocycles. The van der Waals surface area contributed by atoms with E-state index in [1.807, 2.05) is 0 Å². The number of halogens is 2. The first-order valence-electron chi connectivity index (χ1n) is 9.13. The molecule has 4 N–H and O–H groups in total. The molecule has 3 aromatic carbocycles. The summed E-state index contributed by atoms with van der Waals surface area (Å²) in [6.07, 6.45) is 0. The van der Waals surface area contributed by atoms with E-state index in [9.17, 15) is 14.0 Å². The minimum Gasteiger partial charge on any atom is -0.330 e. The molecular weight excluding hydrogens is 439 g/mol. The minimum absolute atomic E-state index is 0.151. The highest BCUT2D eigenvalue weighted by Crippen LogP contribution is 2.20. The van der Waals surface area contributed by atoms with Crippen molar-refractivity contribution in [3.63, 3.8) is 0 Å². The molecule has 9 heteroatoms. The number of hydrazine groups is 1. The summed E-state index contributed by atoms with van der Waals surface area (Å²) >= 11 is 11.2. The fraction of sp³-hybridized carbons (Fsp3) is 0.0455. The Morgan fingerprint density at radius 2 is 1.52 bits per heavy atom. The van der Waals surface area contributed by atoms with Crippen LogP contribution in [-0.4, -0.2) is 16.9 Å². The van der Waals surface area contributed by atoms with Gasteiger partial charge in [-0.05, 0) is 73.2 Å². The molecule has 2 amide bonds. The Bertz CT molecular complexity index is 1140. The van der Waals surface area contributed by atoms with Crippen molar-refractivity contribution in [3.8, 4) is 0 Å². The van der Waals surface area contributed by atoms with E-state index in [0.29, 0.717) is 27.5 Å². The van der Waals surface area contributed by atoms with Gasteiger partial charge in [0.05, 0.1) is 10.7 Å². The van der Waals surface area contributed by atoms with Gasteiger partial charge in [0.1, 0.15) is 5.82 Å². The topological polar surface area (TPSA) is 82.3 Å². The number of nitrogens with one attached hydrogen (secondary N) is 4. The largest absolute Gasteiger partial charge is 0.330 e. The third kappa shape index (κ3) is 6.00. The Kier molecular flexibility index (Phi) is 7.17. The van der Waals surface area contributed by atoms with Crippen LogP contribution in [0.25, 0.3) is 0 Å². The third-order valence-corrected chi connectivity index (χ3v) is 4.80. The number of thiocarbonyl (C=S) groups is 1. The smallest absolute Gasteiger partial charge is 0.269 e. The van der Waals surface area contributed by atoms with E-state index in [0.717, 1.165) is 5.56 Å². The van der Waals surface area contributed by atoms with Crippen molar-refractivity contribution in [2.45, 2.75) is 6.92 Å². The van der Waals surface area contributed by atoms with Crippen LogP contribution in [-0.2, 0) is 0 Å². The number of anilines is 2. The predicted octanol–water partition coefficient (Wildman–Crippen LogP) is 4.67. The SMILES string of the molecule is Cc1ccc(C(=O)NNC(=S)Nc2ccccc2Cl)cc1NC(=O)c1ccc(F)cc1. The Hall–Kier alpha value is -3.49. The number of benzene rings is 3. The van der Waals surface area contributed by atoms with E-state index < -0.39 is 17.6 Å². The van der Waals surface area contributed by atoms with E-state index in [4.69, 9.17) is 23.8 Å². The van der Waals surface area contributed by atoms with Crippen molar-refractivity contribution in [2.24, 2.45) is 0 Å². The van der Waals surface area contributed by atoms with Gasteiger partial charge in [0, 0.05) is 16.8 Å². The van der Waals surface area contributed by atoms with Gasteiger partial charge in [-0.2, -0.15) is 0 Å². The number of carbonyl (C=O) groups excluding carboxylic acids is 2. The molecule has 0 saturated carbocycles. The van der Waals surface area contributed by atoms with E-state index >= 15 is 0 Å². The van der Waals surface area contributed by atoms with Crippen molar-refractivity contribution in [2.75, 3.05) is 10.6 Å². The molecular formula is C22H18ClFN4O2S. The van der Waals surface area contributed by atoms with Crippen LogP contribution >= 0.6 is 23.8 Å². The van der Waals surface area contributed by atoms with Gasteiger partial charge >= 0.3 is 0 Å². The summed E-state index contributed by atoms with van der Waals surface area (Å²) in [6, 6.07) is 17.1. The van der Waals surface area contributed by atoms with Gasteiger partial charge in [-0.15, -0.1) is 0 Å². The molecule has 0 aliphatic carbocycles. The first-order chi connectivity index (χ1) is 14.8. The predicted molar refractivity (Wildman–Crippen MR) is 124 cm³/mol. The summed E-state index contributed by atoms with van der Waals surface area (Å²) < 4.78 is 13.1. The maximum Gasteiger partial charge on any atom is 0.269 e. The van der Waals surface area contributed by atoms with Crippen molar-refractivity contribution >= 4 is 52.1 Å². The Morgan fingerprint density at radius 1 is 0.839 bits per heavy atom. The molecule has 6 nitrogen and oxygen atoms in total. The number of para-hydroxylation sites is 1. The van der Waals surface area contributed by atoms with E-state index in [-0.39, 0.29) is 5.11 Å². The molecule has 0 aliphatic heterocycles. The number of hydrogen-bond acceptors (Lipinski definition) is 3. The molecule has 3 rings (SSSR count). The second kappa shape index (κ2) is 10.0. The van der Waals surface area contributed by atoms with Crippen LogP contribution in [0.2, 0.25) is 5.02 Å². The zero-order valence-corrected chi connectivity index (χ0v) is 17.9. The first-order valence-corrected chi connectivity index (χ1v) is 9.91. The number of rotatable bonds is 4. The molecule has 31 heavy (non-hydrogen) atoms. The van der Waals surface area contributed by atoms with Gasteiger partial charge in [0.2, 0.25) is 0 Å². The second-order valence-corrected chi connectivity index (χ2v) is 7.32. The number of hydrogen-bond donors (Lipinski definition) is 4. The third-order valence-electron chi connectivity index (χ3n) is 4.27. The Balaban J connectivity index is 1.62. The van der Waals surface area contributed by atoms with Crippen molar-refractivity contribution in [1.29, 1.82) is 0 Å². The van der Waals surface area contributed by atoms with Gasteiger partial charge in [-0.3, -0.25) is 20.4 Å². The lowest BCUT2D eigenvalue weighted by Crippen LogP contribution is -2.43. The van der Waals surface area contributed by atoms with Gasteiger partial charge in [0.15, 0.2) is 5.11 Å². The summed E-state index contributed by atoms with van der Waals surface area (Å²) in [5, 5.41) is 6.24. The maximum absolute atomic E-state index is 13.1. The van der Waals surface area contributed by atoms with E-state index in [2.05, 4.69) is 21.5 Å². The molecule has 0 bridgehead atoms. The zero-order chi connectivity index (χ0) is 22.4. The summed E-state index contributed by atoms with van der Waals surface area (Å²) in [4.78, 5) is 24.9. The average Bonchev–Trinajstić information content (AvgIpc) is 2.75. The van der Waals surface area contributed by atoms with Crippen LogP contribution in [0.5, 0.6) is 0 Å². The van der Waals surface area contributed by atoms with Crippen molar-refractivity contribution < 1.29 is 14.0 Å². The number of carbonyl (C=O) groups is 2. The van der Waals surface area contributed by atoms with Gasteiger partial charge < -0.3 is 10.6 Å². The molecule has 0 fully saturated rings. The van der Waals surface area contributed by atoms with Crippen molar-refractivity contribution in [1.82, 2.24) is 10.9 Å². The second-order valence-electron chi connectivity index (χ2n) is 6.50. The van der Waals surface area contributed by atoms with E-state index in [1.54, 1.807) is 43.3 Å². The Labute approximate surface area is 188 Å². The van der Waals surface area contributed by atoms with Gasteiger partial charge in [0.25, 0.3) is 11.8 Å². The summed E-state index contributed by atoms with van der Waals surface area (Å²) in [7, 11) is 0. The van der Waals surface area contributed by atoms with Crippen LogP contribution < -0.4 is 21.5 Å². The summed E-state index contributed by atoms with van der Waals surface area (Å²) in [5.74, 6) is -1.30. The van der Waals surface area contributed by atoms with Crippen molar-refractivity contribution in [3.05, 3.63) is 94.3 Å². The van der Waals surface area contributed by atoms with Gasteiger partial charge in [-0.1, -0.05) is 29.8 Å². The minimum atomic E-state index is -0.458. The molecule has 3 aromatic rings. The molecule has 0 heterocycles. The van der Waals surface area contributed by atoms with Crippen LogP contribution in [0.4, 0.5) is 15.8 Å². The number of aryl methyl sites for hydroxylation is 1. The van der Waals surface area contributed by atoms with Crippen LogP contribution in [0.1, 0.15) is 26.3 Å². The molecule has 0 unspecified atom stereocenters. The van der Waals surface area contributed by atoms with Crippen LogP contribution in [0, 0.1) is 12.7 Å². The van der Waals surface area contributed by atoms with Crippen LogP contribution in [0.15, 0.2) is 66.7 Å². The summed E-state index contributed by atoms with van der Waals surface area (Å²) in [5.41, 5.74) is 7.50. The average molecular weight is 457 g/mol. The maximum atomic E-state index is 13.1. The molecule has 0 atom stereocenters. The lowest BCUT2D eigenvalue weighted by atomic mass is 10.1. The number of amides is 2. The molecule has 0 radical (unpaired) electrons. The highest BCUT2D eigenvalue weighted by Gasteiger charge is 2.12. The molecule has 0 aromatic heterocycles. The normalized spacial score (nSPS) is 10.2. The van der Waals surface area contributed by atoms with E-state index in [1.165, 1.54) is 30.3 Å². The monoisotopic (exact) mass is 456 g/mol. The fourth-order valence-corrected chi connectivity index (χ4v) is 2.94. The fourth-order valence-electron chi connectivity index (χ4n) is 2.60. The Morgan fingerprint density at radius 3 is 2.23 bits per heavy atom. The standard InChI is InChI=1S/C22H18ClFN4O2S/c1-13-6-7-15(12-19(13)25-20(29)14-8-10-16(24)11-9-14)21(30)27-28-22(31)26-18-5-3-2-4-17(18)23/h2-12H,1H3,(H,25,29)(H,27,30)(H2,26,28,31). The zero-order valence-electron chi connectivity index (χ0n) is 16.3. The quantitative estimate of drug-likeness (QED) is 0.339. The molecule has 0 aliphatic rings. The summed E-state index contributed by atoms with van der Waals surface area (Å²) in [6.45, 7) is 1.79. The van der Waals surface area contributed by atoms with Crippen LogP contribution in [0.3, 0.4) is 0 Å². The molecule has 158 valence electrons. The lowest BCUT2D eigenvalue weighted by molar-refractivity contribution is 0.0943. The first kappa shape index (κ1) is 22.2. The highest BCUT2D eigenvalue weighted by molar-refractivity contribution is 7.80.